The first-order valence-electron chi connectivity index (χ1n) is 11.8. The number of nitrogens with one attached hydrogen (secondary N) is 2. The van der Waals surface area contributed by atoms with E-state index in [1.165, 1.54) is 0 Å². The molecule has 2 amide bonds. The molecule has 3 heterocycles. The predicted octanol–water partition coefficient (Wildman–Crippen LogP) is 4.38. The number of amides is 2. The van der Waals surface area contributed by atoms with Gasteiger partial charge in [-0.2, -0.15) is 13.2 Å². The fourth-order valence-corrected chi connectivity index (χ4v) is 5.21. The van der Waals surface area contributed by atoms with Crippen LogP contribution in [-0.4, -0.2) is 68.7 Å². The van der Waals surface area contributed by atoms with Crippen molar-refractivity contribution in [3.63, 3.8) is 0 Å². The van der Waals surface area contributed by atoms with Gasteiger partial charge in [-0.15, -0.1) is 11.3 Å². The molecule has 1 saturated carbocycles. The summed E-state index contributed by atoms with van der Waals surface area (Å²) in [5, 5.41) is 14.3. The third kappa shape index (κ3) is 5.69. The number of likely N-dealkylation sites (tertiary alicyclic amines) is 1. The van der Waals surface area contributed by atoms with Crippen LogP contribution < -0.4 is 10.6 Å². The zero-order chi connectivity index (χ0) is 27.1. The monoisotopic (exact) mass is 547 g/mol. The van der Waals surface area contributed by atoms with Gasteiger partial charge in [-0.1, -0.05) is 0 Å². The highest BCUT2D eigenvalue weighted by Crippen LogP contribution is 2.39. The van der Waals surface area contributed by atoms with E-state index < -0.39 is 54.0 Å². The average Bonchev–Trinajstić information content (AvgIpc) is 3.47. The highest BCUT2D eigenvalue weighted by molar-refractivity contribution is 7.17. The van der Waals surface area contributed by atoms with Crippen molar-refractivity contribution in [3.05, 3.63) is 28.5 Å². The van der Waals surface area contributed by atoms with Crippen molar-refractivity contribution in [1.82, 2.24) is 20.2 Å². The number of aromatic nitrogens is 2. The number of pyridine rings is 1. The third-order valence-corrected chi connectivity index (χ3v) is 7.75. The first kappa shape index (κ1) is 27.2. The highest BCUT2D eigenvalue weighted by Gasteiger charge is 2.37. The zero-order valence-corrected chi connectivity index (χ0v) is 20.8. The molecule has 1 aliphatic carbocycles. The van der Waals surface area contributed by atoms with E-state index in [2.05, 4.69) is 20.6 Å². The summed E-state index contributed by atoms with van der Waals surface area (Å²) in [6, 6.07) is -1.82. The van der Waals surface area contributed by atoms with Gasteiger partial charge in [0.2, 0.25) is 0 Å². The molecular weight excluding hydrogens is 521 g/mol. The maximum atomic E-state index is 14.1. The van der Waals surface area contributed by atoms with Crippen LogP contribution in [0.25, 0.3) is 10.4 Å². The maximum absolute atomic E-state index is 14.1. The van der Waals surface area contributed by atoms with Crippen molar-refractivity contribution in [1.29, 1.82) is 0 Å². The summed E-state index contributed by atoms with van der Waals surface area (Å²) in [5.74, 6) is -1.61. The van der Waals surface area contributed by atoms with Gasteiger partial charge in [0, 0.05) is 29.9 Å². The van der Waals surface area contributed by atoms with Crippen LogP contribution >= 0.6 is 11.3 Å². The second-order valence-corrected chi connectivity index (χ2v) is 10.3. The number of aliphatic hydroxyl groups excluding tert-OH is 1. The summed E-state index contributed by atoms with van der Waals surface area (Å²) < 4.78 is 67.0. The largest absolute Gasteiger partial charge is 0.408 e. The van der Waals surface area contributed by atoms with E-state index in [4.69, 9.17) is 0 Å². The Morgan fingerprint density at radius 2 is 1.97 bits per heavy atom. The van der Waals surface area contributed by atoms with E-state index in [9.17, 15) is 36.6 Å². The number of nitrogens with zero attached hydrogens (tertiary/aromatic N) is 3. The number of halogens is 5. The molecule has 0 aromatic carbocycles. The first-order valence-corrected chi connectivity index (χ1v) is 12.6. The SMILES string of the molecule is C[C@H](Nc1cc(C(F)F)c(-c2sc(C(=O)N[C@H]3CC[C@H]3O)nc2C(=O)N2CCC[C@@H]2C)cn1)C(F)(F)F. The van der Waals surface area contributed by atoms with Crippen molar-refractivity contribution >= 4 is 29.0 Å². The van der Waals surface area contributed by atoms with Gasteiger partial charge in [-0.05, 0) is 45.6 Å². The number of aliphatic hydroxyl groups is 1. The lowest BCUT2D eigenvalue weighted by Crippen LogP contribution is -2.50. The molecule has 202 valence electrons. The molecule has 2 aliphatic rings. The van der Waals surface area contributed by atoms with Crippen molar-refractivity contribution in [2.75, 3.05) is 11.9 Å². The molecular formula is C23H26F5N5O3S. The molecule has 2 aromatic heterocycles. The standard InChI is InChI=1S/C23H26F5N5O3S/c1-10-4-3-7-33(10)22(36)17-18(37-21(32-17)20(35)31-14-5-6-15(14)34)13-9-29-16(8-12(13)19(24)25)30-11(2)23(26,27)28/h8-11,14-15,19,34H,3-7H2,1-2H3,(H,29,30)(H,31,35)/t10-,11-,14-,15+/m0/s1. The minimum absolute atomic E-state index is 0.0263. The molecule has 0 radical (unpaired) electrons. The van der Waals surface area contributed by atoms with E-state index in [0.717, 1.165) is 32.0 Å². The Balaban J connectivity index is 1.74. The van der Waals surface area contributed by atoms with Crippen LogP contribution in [0.3, 0.4) is 0 Å². The molecule has 1 saturated heterocycles. The summed E-state index contributed by atoms with van der Waals surface area (Å²) >= 11 is 0.716. The molecule has 0 spiro atoms. The Morgan fingerprint density at radius 3 is 2.51 bits per heavy atom. The van der Waals surface area contributed by atoms with Gasteiger partial charge in [-0.3, -0.25) is 9.59 Å². The number of anilines is 1. The Kier molecular flexibility index (Phi) is 7.70. The van der Waals surface area contributed by atoms with Gasteiger partial charge >= 0.3 is 6.18 Å². The number of hydrogen-bond acceptors (Lipinski definition) is 7. The van der Waals surface area contributed by atoms with Crippen LogP contribution in [-0.2, 0) is 0 Å². The molecule has 2 aromatic rings. The number of carbonyl (C=O) groups excluding carboxylic acids is 2. The van der Waals surface area contributed by atoms with Gasteiger partial charge in [0.15, 0.2) is 5.01 Å². The molecule has 2 fully saturated rings. The van der Waals surface area contributed by atoms with E-state index in [0.29, 0.717) is 30.7 Å². The van der Waals surface area contributed by atoms with Crippen LogP contribution in [0.1, 0.15) is 71.8 Å². The van der Waals surface area contributed by atoms with Gasteiger partial charge in [0.05, 0.1) is 17.0 Å². The lowest BCUT2D eigenvalue weighted by atomic mass is 9.89. The molecule has 0 unspecified atom stereocenters. The third-order valence-electron chi connectivity index (χ3n) is 6.66. The van der Waals surface area contributed by atoms with Crippen LogP contribution in [0.2, 0.25) is 0 Å². The smallest absolute Gasteiger partial charge is 0.391 e. The molecule has 14 heteroatoms. The summed E-state index contributed by atoms with van der Waals surface area (Å²) in [6.07, 6.45) is -4.89. The topological polar surface area (TPSA) is 107 Å². The molecule has 8 nitrogen and oxygen atoms in total. The summed E-state index contributed by atoms with van der Waals surface area (Å²) in [7, 11) is 0. The van der Waals surface area contributed by atoms with Crippen molar-refractivity contribution < 1.29 is 36.6 Å². The van der Waals surface area contributed by atoms with Gasteiger partial charge in [0.25, 0.3) is 18.2 Å². The normalized spacial score (nSPS) is 22.6. The Bertz CT molecular complexity index is 1170. The number of rotatable bonds is 7. The Labute approximate surface area is 213 Å². The molecule has 4 rings (SSSR count). The maximum Gasteiger partial charge on any atom is 0.408 e. The number of alkyl halides is 5. The summed E-state index contributed by atoms with van der Waals surface area (Å²) in [6.45, 7) is 3.11. The Hall–Kier alpha value is -2.87. The van der Waals surface area contributed by atoms with Crippen molar-refractivity contribution in [3.8, 4) is 10.4 Å². The van der Waals surface area contributed by atoms with Crippen molar-refractivity contribution in [2.45, 2.75) is 76.4 Å². The van der Waals surface area contributed by atoms with E-state index >= 15 is 0 Å². The van der Waals surface area contributed by atoms with Crippen LogP contribution in [0.15, 0.2) is 12.3 Å². The summed E-state index contributed by atoms with van der Waals surface area (Å²) in [5.41, 5.74) is -1.05. The minimum atomic E-state index is -4.62. The van der Waals surface area contributed by atoms with Crippen LogP contribution in [0.5, 0.6) is 0 Å². The lowest BCUT2D eigenvalue weighted by molar-refractivity contribution is -0.138. The second-order valence-electron chi connectivity index (χ2n) is 9.28. The van der Waals surface area contributed by atoms with Crippen LogP contribution in [0.4, 0.5) is 27.8 Å². The van der Waals surface area contributed by atoms with E-state index in [-0.39, 0.29) is 27.2 Å². The van der Waals surface area contributed by atoms with E-state index in [1.54, 1.807) is 4.90 Å². The summed E-state index contributed by atoms with van der Waals surface area (Å²) in [4.78, 5) is 35.8. The zero-order valence-electron chi connectivity index (χ0n) is 20.0. The quantitative estimate of drug-likeness (QED) is 0.444. The number of hydrogen-bond donors (Lipinski definition) is 3. The van der Waals surface area contributed by atoms with Gasteiger partial charge in [0.1, 0.15) is 17.6 Å². The van der Waals surface area contributed by atoms with Gasteiger partial charge < -0.3 is 20.6 Å². The number of thiazole rings is 1. The van der Waals surface area contributed by atoms with Crippen molar-refractivity contribution in [2.24, 2.45) is 0 Å². The molecule has 4 atom stereocenters. The minimum Gasteiger partial charge on any atom is -0.391 e. The highest BCUT2D eigenvalue weighted by atomic mass is 32.1. The molecule has 3 N–H and O–H groups in total. The molecule has 37 heavy (non-hydrogen) atoms. The molecule has 1 aliphatic heterocycles. The fraction of sp³-hybridized carbons (Fsp3) is 0.565. The van der Waals surface area contributed by atoms with Gasteiger partial charge in [-0.25, -0.2) is 18.7 Å². The fourth-order valence-electron chi connectivity index (χ4n) is 4.22. The second kappa shape index (κ2) is 10.5. The molecule has 0 bridgehead atoms. The lowest BCUT2D eigenvalue weighted by Gasteiger charge is -2.32. The first-order chi connectivity index (χ1) is 17.4. The predicted molar refractivity (Wildman–Crippen MR) is 126 cm³/mol. The Morgan fingerprint density at radius 1 is 1.24 bits per heavy atom. The van der Waals surface area contributed by atoms with E-state index in [1.807, 2.05) is 6.92 Å². The van der Waals surface area contributed by atoms with Crippen LogP contribution in [0, 0.1) is 0 Å². The number of carbonyl (C=O) groups is 2. The average molecular weight is 548 g/mol.